The lowest BCUT2D eigenvalue weighted by Gasteiger charge is -2.22. The standard InChI is InChI=1S/C29H25F8N5O3/c1-4-22(29(35,36)37)40-15-10-19(30)23(20(31)11-15)26(43)41-21(27(44)45)12-16-5-6-17(25-38-7-8-42(16)25)24-18(28(32,33)34)9-13(2)14(3)39-24/h5-11,21-22,40H,4,12H2,1-3H3,(H,41,43)(H,44,45). The van der Waals surface area contributed by atoms with Crippen LogP contribution >= 0.6 is 0 Å². The molecule has 16 heteroatoms. The molecule has 240 valence electrons. The molecule has 0 saturated heterocycles. The van der Waals surface area contributed by atoms with Crippen molar-refractivity contribution >= 4 is 23.2 Å². The number of nitrogens with zero attached hydrogens (tertiary/aromatic N) is 3. The highest BCUT2D eigenvalue weighted by Gasteiger charge is 2.39. The van der Waals surface area contributed by atoms with Crippen LogP contribution in [0.3, 0.4) is 0 Å². The van der Waals surface area contributed by atoms with E-state index in [9.17, 15) is 49.8 Å². The largest absolute Gasteiger partial charge is 0.480 e. The Morgan fingerprint density at radius 2 is 1.67 bits per heavy atom. The molecule has 4 rings (SSSR count). The number of alkyl halides is 6. The van der Waals surface area contributed by atoms with Crippen molar-refractivity contribution in [3.63, 3.8) is 0 Å². The van der Waals surface area contributed by atoms with E-state index in [1.165, 1.54) is 49.7 Å². The molecule has 2 unspecified atom stereocenters. The fourth-order valence-corrected chi connectivity index (χ4v) is 4.68. The molecule has 0 aliphatic heterocycles. The number of imidazole rings is 1. The van der Waals surface area contributed by atoms with E-state index in [0.29, 0.717) is 23.4 Å². The Balaban J connectivity index is 1.64. The van der Waals surface area contributed by atoms with Gasteiger partial charge in [0.05, 0.1) is 11.3 Å². The van der Waals surface area contributed by atoms with E-state index in [-0.39, 0.29) is 16.9 Å². The first kappa shape index (κ1) is 33.1. The quantitative estimate of drug-likeness (QED) is 0.180. The molecule has 2 atom stereocenters. The number of benzene rings is 1. The second-order valence-corrected chi connectivity index (χ2v) is 10.2. The average Bonchev–Trinajstić information content (AvgIpc) is 3.41. The Morgan fingerprint density at radius 1 is 1.02 bits per heavy atom. The molecule has 45 heavy (non-hydrogen) atoms. The number of carboxylic acids is 1. The summed E-state index contributed by atoms with van der Waals surface area (Å²) in [6, 6.07) is 0.559. The van der Waals surface area contributed by atoms with Gasteiger partial charge >= 0.3 is 18.3 Å². The molecule has 1 aromatic carbocycles. The third kappa shape index (κ3) is 6.99. The van der Waals surface area contributed by atoms with E-state index >= 15 is 0 Å². The zero-order valence-electron chi connectivity index (χ0n) is 23.7. The predicted octanol–water partition coefficient (Wildman–Crippen LogP) is 6.49. The van der Waals surface area contributed by atoms with Crippen LogP contribution in [0.1, 0.15) is 46.2 Å². The third-order valence-electron chi connectivity index (χ3n) is 7.09. The number of carbonyl (C=O) groups excluding carboxylic acids is 1. The van der Waals surface area contributed by atoms with Crippen LogP contribution in [-0.4, -0.2) is 49.6 Å². The van der Waals surface area contributed by atoms with Crippen LogP contribution in [0.15, 0.2) is 42.7 Å². The molecule has 3 aromatic heterocycles. The Bertz CT molecular complexity index is 1740. The van der Waals surface area contributed by atoms with Crippen molar-refractivity contribution in [2.24, 2.45) is 0 Å². The lowest BCUT2D eigenvalue weighted by atomic mass is 10.0. The normalized spacial score (nSPS) is 13.5. The van der Waals surface area contributed by atoms with Gasteiger partial charge in [0.25, 0.3) is 5.91 Å². The molecule has 0 aliphatic carbocycles. The zero-order valence-corrected chi connectivity index (χ0v) is 23.7. The highest BCUT2D eigenvalue weighted by Crippen LogP contribution is 2.38. The van der Waals surface area contributed by atoms with Crippen LogP contribution in [0.2, 0.25) is 0 Å². The number of carboxylic acid groups (broad SMARTS) is 1. The van der Waals surface area contributed by atoms with Gasteiger partial charge in [-0.3, -0.25) is 9.78 Å². The summed E-state index contributed by atoms with van der Waals surface area (Å²) in [6.07, 6.45) is -7.83. The number of nitrogens with one attached hydrogen (secondary N) is 2. The fourth-order valence-electron chi connectivity index (χ4n) is 4.68. The number of hydrogen-bond acceptors (Lipinski definition) is 5. The molecule has 0 bridgehead atoms. The number of pyridine rings is 2. The van der Waals surface area contributed by atoms with Crippen LogP contribution in [-0.2, 0) is 17.4 Å². The van der Waals surface area contributed by atoms with E-state index in [1.54, 1.807) is 0 Å². The number of anilines is 1. The van der Waals surface area contributed by atoms with Gasteiger partial charge in [-0.1, -0.05) is 6.92 Å². The first-order valence-electron chi connectivity index (χ1n) is 13.3. The van der Waals surface area contributed by atoms with Crippen LogP contribution in [0.5, 0.6) is 0 Å². The first-order valence-corrected chi connectivity index (χ1v) is 13.3. The van der Waals surface area contributed by atoms with Gasteiger partial charge < -0.3 is 20.1 Å². The molecular weight excluding hydrogens is 618 g/mol. The Morgan fingerprint density at radius 3 is 2.22 bits per heavy atom. The van der Waals surface area contributed by atoms with Gasteiger partial charge in [-0.15, -0.1) is 0 Å². The fraction of sp³-hybridized carbons (Fsp3) is 0.310. The van der Waals surface area contributed by atoms with E-state index in [4.69, 9.17) is 0 Å². The number of aliphatic carboxylic acids is 1. The Kier molecular flexibility index (Phi) is 9.07. The summed E-state index contributed by atoms with van der Waals surface area (Å²) >= 11 is 0. The second-order valence-electron chi connectivity index (χ2n) is 10.2. The Labute approximate surface area is 250 Å². The van der Waals surface area contributed by atoms with Gasteiger partial charge in [-0.2, -0.15) is 26.3 Å². The van der Waals surface area contributed by atoms with Crippen molar-refractivity contribution in [1.29, 1.82) is 0 Å². The maximum absolute atomic E-state index is 14.8. The topological polar surface area (TPSA) is 109 Å². The second kappa shape index (κ2) is 12.3. The summed E-state index contributed by atoms with van der Waals surface area (Å²) in [4.78, 5) is 33.1. The predicted molar refractivity (Wildman–Crippen MR) is 146 cm³/mol. The van der Waals surface area contributed by atoms with Crippen molar-refractivity contribution in [1.82, 2.24) is 19.7 Å². The van der Waals surface area contributed by atoms with Crippen molar-refractivity contribution < 1.29 is 49.8 Å². The molecule has 0 fully saturated rings. The molecule has 3 heterocycles. The number of carbonyl (C=O) groups is 2. The van der Waals surface area contributed by atoms with Crippen LogP contribution in [0, 0.1) is 25.5 Å². The van der Waals surface area contributed by atoms with Gasteiger partial charge in [0.15, 0.2) is 0 Å². The van der Waals surface area contributed by atoms with Gasteiger partial charge in [0.1, 0.15) is 34.9 Å². The van der Waals surface area contributed by atoms with Crippen LogP contribution < -0.4 is 10.6 Å². The van der Waals surface area contributed by atoms with Crippen molar-refractivity contribution in [3.8, 4) is 11.3 Å². The minimum Gasteiger partial charge on any atom is -0.480 e. The number of hydrogen-bond donors (Lipinski definition) is 3. The number of aromatic nitrogens is 3. The minimum atomic E-state index is -4.75. The number of amides is 1. The first-order chi connectivity index (χ1) is 20.9. The summed E-state index contributed by atoms with van der Waals surface area (Å²) in [7, 11) is 0. The number of rotatable bonds is 9. The number of fused-ring (bicyclic) bond motifs is 1. The SMILES string of the molecule is CCC(Nc1cc(F)c(C(=O)NC(Cc2ccc(-c3nc(C)c(C)cc3C(F)(F)F)c3nccn23)C(=O)O)c(F)c1)C(F)(F)F. The average molecular weight is 644 g/mol. The van der Waals surface area contributed by atoms with Gasteiger partial charge in [-0.25, -0.2) is 18.6 Å². The smallest absolute Gasteiger partial charge is 0.418 e. The summed E-state index contributed by atoms with van der Waals surface area (Å²) in [6.45, 7) is 4.22. The molecule has 0 spiro atoms. The molecule has 1 amide bonds. The van der Waals surface area contributed by atoms with E-state index in [2.05, 4.69) is 9.97 Å². The summed E-state index contributed by atoms with van der Waals surface area (Å²) in [5, 5.41) is 13.7. The monoisotopic (exact) mass is 643 g/mol. The van der Waals surface area contributed by atoms with E-state index < -0.39 is 83.3 Å². The van der Waals surface area contributed by atoms with Crippen molar-refractivity contribution in [2.45, 2.75) is 58.0 Å². The Hall–Kier alpha value is -4.76. The molecule has 0 saturated carbocycles. The zero-order chi connectivity index (χ0) is 33.4. The lowest BCUT2D eigenvalue weighted by Crippen LogP contribution is -2.43. The molecule has 3 N–H and O–H groups in total. The molecular formula is C29H25F8N5O3. The van der Waals surface area contributed by atoms with Gasteiger partial charge in [-0.05, 0) is 56.2 Å². The van der Waals surface area contributed by atoms with Crippen molar-refractivity contribution in [2.75, 3.05) is 5.32 Å². The maximum atomic E-state index is 14.8. The number of aryl methyl sites for hydroxylation is 2. The summed E-state index contributed by atoms with van der Waals surface area (Å²) in [5.74, 6) is -6.21. The van der Waals surface area contributed by atoms with Gasteiger partial charge in [0.2, 0.25) is 0 Å². The molecule has 0 radical (unpaired) electrons. The van der Waals surface area contributed by atoms with E-state index in [1.807, 2.05) is 10.6 Å². The summed E-state index contributed by atoms with van der Waals surface area (Å²) < 4.78 is 112. The van der Waals surface area contributed by atoms with E-state index in [0.717, 1.165) is 6.07 Å². The highest BCUT2D eigenvalue weighted by atomic mass is 19.4. The lowest BCUT2D eigenvalue weighted by molar-refractivity contribution is -0.143. The number of halogens is 8. The van der Waals surface area contributed by atoms with Gasteiger partial charge in [0, 0.05) is 41.5 Å². The third-order valence-corrected chi connectivity index (χ3v) is 7.09. The van der Waals surface area contributed by atoms with Crippen LogP contribution in [0.25, 0.3) is 16.9 Å². The summed E-state index contributed by atoms with van der Waals surface area (Å²) in [5.41, 5.74) is -2.44. The molecule has 8 nitrogen and oxygen atoms in total. The molecule has 0 aliphatic rings. The maximum Gasteiger partial charge on any atom is 0.418 e. The van der Waals surface area contributed by atoms with Crippen molar-refractivity contribution in [3.05, 3.63) is 82.4 Å². The minimum absolute atomic E-state index is 0.00589. The van der Waals surface area contributed by atoms with Crippen LogP contribution in [0.4, 0.5) is 40.8 Å². The molecule has 4 aromatic rings. The highest BCUT2D eigenvalue weighted by molar-refractivity contribution is 5.97.